The zero-order valence-electron chi connectivity index (χ0n) is 12.4. The van der Waals surface area contributed by atoms with Crippen molar-refractivity contribution in [3.05, 3.63) is 22.3 Å². The molecule has 1 aromatic rings. The van der Waals surface area contributed by atoms with Crippen LogP contribution < -0.4 is 10.1 Å². The van der Waals surface area contributed by atoms with Crippen LogP contribution in [0.3, 0.4) is 0 Å². The minimum absolute atomic E-state index is 0.0851. The lowest BCUT2D eigenvalue weighted by Gasteiger charge is -2.21. The molecule has 0 atom stereocenters. The SMILES string of the molecule is CCCCCOc1ncc(Br)cc1CNC(C)(C)C. The summed E-state index contributed by atoms with van der Waals surface area (Å²) >= 11 is 3.46. The fourth-order valence-electron chi connectivity index (χ4n) is 1.61. The molecule has 4 heteroatoms. The molecule has 0 aliphatic carbocycles. The molecule has 0 saturated carbocycles. The van der Waals surface area contributed by atoms with Gasteiger partial charge in [0.15, 0.2) is 0 Å². The summed E-state index contributed by atoms with van der Waals surface area (Å²) in [7, 11) is 0. The monoisotopic (exact) mass is 328 g/mol. The van der Waals surface area contributed by atoms with Gasteiger partial charge in [-0.25, -0.2) is 4.98 Å². The van der Waals surface area contributed by atoms with E-state index in [2.05, 4.69) is 60.0 Å². The van der Waals surface area contributed by atoms with Gasteiger partial charge in [-0.3, -0.25) is 0 Å². The van der Waals surface area contributed by atoms with Gasteiger partial charge in [-0.15, -0.1) is 0 Å². The van der Waals surface area contributed by atoms with E-state index in [0.29, 0.717) is 0 Å². The van der Waals surface area contributed by atoms with Crippen molar-refractivity contribution in [1.82, 2.24) is 10.3 Å². The molecule has 0 unspecified atom stereocenters. The average molecular weight is 329 g/mol. The van der Waals surface area contributed by atoms with E-state index in [1.165, 1.54) is 12.8 Å². The molecule has 1 aromatic heterocycles. The van der Waals surface area contributed by atoms with Gasteiger partial charge in [0.25, 0.3) is 0 Å². The number of hydrogen-bond acceptors (Lipinski definition) is 3. The van der Waals surface area contributed by atoms with E-state index in [1.807, 2.05) is 0 Å². The summed E-state index contributed by atoms with van der Waals surface area (Å²) in [5.74, 6) is 0.746. The van der Waals surface area contributed by atoms with Crippen molar-refractivity contribution in [2.75, 3.05) is 6.61 Å². The second kappa shape index (κ2) is 7.85. The summed E-state index contributed by atoms with van der Waals surface area (Å²) in [6, 6.07) is 2.07. The van der Waals surface area contributed by atoms with Crippen LogP contribution >= 0.6 is 15.9 Å². The summed E-state index contributed by atoms with van der Waals surface area (Å²) in [6.45, 7) is 10.2. The third kappa shape index (κ3) is 6.92. The van der Waals surface area contributed by atoms with Crippen LogP contribution in [0.15, 0.2) is 16.7 Å². The summed E-state index contributed by atoms with van der Waals surface area (Å²) in [5.41, 5.74) is 1.18. The normalized spacial score (nSPS) is 11.6. The third-order valence-corrected chi connectivity index (χ3v) is 3.12. The van der Waals surface area contributed by atoms with E-state index >= 15 is 0 Å². The van der Waals surface area contributed by atoms with E-state index in [-0.39, 0.29) is 5.54 Å². The first-order valence-corrected chi connectivity index (χ1v) is 7.74. The number of rotatable bonds is 7. The van der Waals surface area contributed by atoms with E-state index in [0.717, 1.165) is 35.5 Å². The number of pyridine rings is 1. The predicted molar refractivity (Wildman–Crippen MR) is 83.5 cm³/mol. The van der Waals surface area contributed by atoms with Gasteiger partial charge in [0.2, 0.25) is 5.88 Å². The van der Waals surface area contributed by atoms with E-state index in [9.17, 15) is 0 Å². The maximum absolute atomic E-state index is 5.79. The maximum Gasteiger partial charge on any atom is 0.217 e. The molecule has 0 fully saturated rings. The Hall–Kier alpha value is -0.610. The van der Waals surface area contributed by atoms with Gasteiger partial charge in [0.1, 0.15) is 0 Å². The highest BCUT2D eigenvalue weighted by Crippen LogP contribution is 2.21. The van der Waals surface area contributed by atoms with Crippen LogP contribution in [-0.4, -0.2) is 17.1 Å². The van der Waals surface area contributed by atoms with E-state index in [1.54, 1.807) is 6.20 Å². The summed E-state index contributed by atoms with van der Waals surface area (Å²) in [4.78, 5) is 4.37. The third-order valence-electron chi connectivity index (χ3n) is 2.69. The largest absolute Gasteiger partial charge is 0.477 e. The first kappa shape index (κ1) is 16.4. The standard InChI is InChI=1S/C15H25BrN2O/c1-5-6-7-8-19-14-12(9-13(16)11-17-14)10-18-15(2,3)4/h9,11,18H,5-8,10H2,1-4H3. The van der Waals surface area contributed by atoms with Crippen LogP contribution in [0.25, 0.3) is 0 Å². The smallest absolute Gasteiger partial charge is 0.217 e. The van der Waals surface area contributed by atoms with Gasteiger partial charge in [-0.2, -0.15) is 0 Å². The second-order valence-corrected chi connectivity index (χ2v) is 6.69. The molecule has 0 radical (unpaired) electrons. The topological polar surface area (TPSA) is 34.1 Å². The summed E-state index contributed by atoms with van der Waals surface area (Å²) in [6.07, 6.45) is 5.28. The number of ether oxygens (including phenoxy) is 1. The molecule has 0 aromatic carbocycles. The highest BCUT2D eigenvalue weighted by molar-refractivity contribution is 9.10. The van der Waals surface area contributed by atoms with Crippen molar-refractivity contribution in [2.24, 2.45) is 0 Å². The molecular formula is C15H25BrN2O. The Morgan fingerprint density at radius 3 is 2.68 bits per heavy atom. The summed E-state index contributed by atoms with van der Waals surface area (Å²) < 4.78 is 6.77. The van der Waals surface area contributed by atoms with Crippen molar-refractivity contribution >= 4 is 15.9 Å². The lowest BCUT2D eigenvalue weighted by molar-refractivity contribution is 0.289. The number of aromatic nitrogens is 1. The van der Waals surface area contributed by atoms with Gasteiger partial charge in [0, 0.05) is 28.3 Å². The molecule has 0 spiro atoms. The molecule has 19 heavy (non-hydrogen) atoms. The number of hydrogen-bond donors (Lipinski definition) is 1. The quantitative estimate of drug-likeness (QED) is 0.757. The van der Waals surface area contributed by atoms with Crippen molar-refractivity contribution < 1.29 is 4.74 Å². The number of halogens is 1. The molecule has 1 rings (SSSR count). The van der Waals surface area contributed by atoms with E-state index < -0.39 is 0 Å². The second-order valence-electron chi connectivity index (χ2n) is 5.78. The van der Waals surface area contributed by atoms with Crippen LogP contribution in [0.4, 0.5) is 0 Å². The summed E-state index contributed by atoms with van der Waals surface area (Å²) in [5, 5.41) is 3.47. The molecule has 1 heterocycles. The van der Waals surface area contributed by atoms with Crippen LogP contribution in [0.1, 0.15) is 52.5 Å². The Labute approximate surface area is 125 Å². The molecule has 108 valence electrons. The van der Waals surface area contributed by atoms with Crippen LogP contribution in [-0.2, 0) is 6.54 Å². The van der Waals surface area contributed by atoms with Gasteiger partial charge in [-0.1, -0.05) is 19.8 Å². The Bertz CT molecular complexity index is 388. The van der Waals surface area contributed by atoms with Crippen LogP contribution in [0.5, 0.6) is 5.88 Å². The molecule has 0 saturated heterocycles. The Morgan fingerprint density at radius 1 is 1.32 bits per heavy atom. The Balaban J connectivity index is 2.63. The molecule has 0 aliphatic heterocycles. The highest BCUT2D eigenvalue weighted by Gasteiger charge is 2.12. The first-order valence-electron chi connectivity index (χ1n) is 6.94. The lowest BCUT2D eigenvalue weighted by atomic mass is 10.1. The Morgan fingerprint density at radius 2 is 2.05 bits per heavy atom. The van der Waals surface area contributed by atoms with Crippen molar-refractivity contribution in [1.29, 1.82) is 0 Å². The van der Waals surface area contributed by atoms with Crippen LogP contribution in [0, 0.1) is 0 Å². The zero-order chi connectivity index (χ0) is 14.3. The van der Waals surface area contributed by atoms with Gasteiger partial charge in [-0.05, 0) is 49.2 Å². The van der Waals surface area contributed by atoms with Crippen molar-refractivity contribution in [3.63, 3.8) is 0 Å². The van der Waals surface area contributed by atoms with Crippen molar-refractivity contribution in [2.45, 2.75) is 59.0 Å². The number of nitrogens with zero attached hydrogens (tertiary/aromatic N) is 1. The lowest BCUT2D eigenvalue weighted by Crippen LogP contribution is -2.35. The maximum atomic E-state index is 5.79. The van der Waals surface area contributed by atoms with Gasteiger partial charge in [0.05, 0.1) is 6.61 Å². The van der Waals surface area contributed by atoms with Crippen molar-refractivity contribution in [3.8, 4) is 5.88 Å². The number of nitrogens with one attached hydrogen (secondary N) is 1. The number of unbranched alkanes of at least 4 members (excludes halogenated alkanes) is 2. The minimum atomic E-state index is 0.0851. The Kier molecular flexibility index (Phi) is 6.80. The molecule has 3 nitrogen and oxygen atoms in total. The molecule has 0 amide bonds. The van der Waals surface area contributed by atoms with Gasteiger partial charge < -0.3 is 10.1 Å². The van der Waals surface area contributed by atoms with Gasteiger partial charge >= 0.3 is 0 Å². The zero-order valence-corrected chi connectivity index (χ0v) is 14.0. The average Bonchev–Trinajstić information content (AvgIpc) is 2.33. The minimum Gasteiger partial charge on any atom is -0.477 e. The predicted octanol–water partition coefficient (Wildman–Crippen LogP) is 4.30. The fraction of sp³-hybridized carbons (Fsp3) is 0.667. The highest BCUT2D eigenvalue weighted by atomic mass is 79.9. The molecule has 1 N–H and O–H groups in total. The molecule has 0 bridgehead atoms. The van der Waals surface area contributed by atoms with Crippen LogP contribution in [0.2, 0.25) is 0 Å². The molecule has 0 aliphatic rings. The molecular weight excluding hydrogens is 304 g/mol. The fourth-order valence-corrected chi connectivity index (χ4v) is 1.99. The first-order chi connectivity index (χ1) is 8.92. The van der Waals surface area contributed by atoms with E-state index in [4.69, 9.17) is 4.74 Å².